The van der Waals surface area contributed by atoms with E-state index in [1.54, 1.807) is 43.2 Å². The Kier molecular flexibility index (Phi) is 4.53. The third-order valence-corrected chi connectivity index (χ3v) is 4.41. The molecule has 1 fully saturated rings. The number of aromatic nitrogens is 3. The van der Waals surface area contributed by atoms with Crippen molar-refractivity contribution >= 4 is 11.6 Å². The first-order valence-corrected chi connectivity index (χ1v) is 8.68. The van der Waals surface area contributed by atoms with Crippen molar-refractivity contribution in [1.29, 1.82) is 0 Å². The summed E-state index contributed by atoms with van der Waals surface area (Å²) in [5, 5.41) is 11.1. The van der Waals surface area contributed by atoms with Gasteiger partial charge in [0.2, 0.25) is 11.8 Å². The average molecular weight is 368 g/mol. The SMILES string of the molecule is COc1ccc(OC)c(NC(=O)Cn2cccc2-c2nnc(C3CC3)o2)c1. The predicted octanol–water partition coefficient (Wildman–Crippen LogP) is 3.07. The molecule has 1 amide bonds. The van der Waals surface area contributed by atoms with Crippen LogP contribution in [0, 0.1) is 0 Å². The molecular weight excluding hydrogens is 348 g/mol. The molecule has 1 N–H and O–H groups in total. The highest BCUT2D eigenvalue weighted by molar-refractivity contribution is 5.92. The van der Waals surface area contributed by atoms with E-state index in [2.05, 4.69) is 15.5 Å². The van der Waals surface area contributed by atoms with Crippen molar-refractivity contribution in [3.05, 3.63) is 42.4 Å². The number of methoxy groups -OCH3 is 2. The zero-order chi connectivity index (χ0) is 18.8. The van der Waals surface area contributed by atoms with Crippen molar-refractivity contribution in [3.63, 3.8) is 0 Å². The number of hydrogen-bond donors (Lipinski definition) is 1. The van der Waals surface area contributed by atoms with Crippen LogP contribution in [0.15, 0.2) is 40.9 Å². The van der Waals surface area contributed by atoms with E-state index < -0.39 is 0 Å². The van der Waals surface area contributed by atoms with Gasteiger partial charge >= 0.3 is 0 Å². The molecule has 27 heavy (non-hydrogen) atoms. The first-order valence-electron chi connectivity index (χ1n) is 8.68. The van der Waals surface area contributed by atoms with Crippen LogP contribution in [0.3, 0.4) is 0 Å². The normalized spacial score (nSPS) is 13.4. The monoisotopic (exact) mass is 368 g/mol. The largest absolute Gasteiger partial charge is 0.497 e. The third-order valence-electron chi connectivity index (χ3n) is 4.41. The Labute approximate surface area is 156 Å². The lowest BCUT2D eigenvalue weighted by Gasteiger charge is -2.12. The van der Waals surface area contributed by atoms with E-state index >= 15 is 0 Å². The smallest absolute Gasteiger partial charge is 0.264 e. The topological polar surface area (TPSA) is 91.4 Å². The summed E-state index contributed by atoms with van der Waals surface area (Å²) in [5.74, 6) is 2.46. The van der Waals surface area contributed by atoms with E-state index in [4.69, 9.17) is 13.9 Å². The molecule has 3 aromatic rings. The van der Waals surface area contributed by atoms with Crippen molar-refractivity contribution in [2.24, 2.45) is 0 Å². The van der Waals surface area contributed by atoms with Crippen molar-refractivity contribution in [2.75, 3.05) is 19.5 Å². The fourth-order valence-corrected chi connectivity index (χ4v) is 2.84. The molecule has 1 aliphatic rings. The van der Waals surface area contributed by atoms with Gasteiger partial charge in [-0.05, 0) is 37.1 Å². The van der Waals surface area contributed by atoms with Gasteiger partial charge in [0.05, 0.1) is 19.9 Å². The van der Waals surface area contributed by atoms with Gasteiger partial charge in [0.1, 0.15) is 23.7 Å². The van der Waals surface area contributed by atoms with Gasteiger partial charge < -0.3 is 23.8 Å². The summed E-state index contributed by atoms with van der Waals surface area (Å²) in [6.07, 6.45) is 3.99. The maximum Gasteiger partial charge on any atom is 0.264 e. The number of rotatable bonds is 7. The minimum absolute atomic E-state index is 0.101. The van der Waals surface area contributed by atoms with Crippen LogP contribution in [0.5, 0.6) is 11.5 Å². The van der Waals surface area contributed by atoms with Gasteiger partial charge in [0.25, 0.3) is 5.89 Å². The molecule has 0 aliphatic heterocycles. The first kappa shape index (κ1) is 17.1. The molecule has 2 aromatic heterocycles. The van der Waals surface area contributed by atoms with Crippen LogP contribution < -0.4 is 14.8 Å². The molecule has 140 valence electrons. The van der Waals surface area contributed by atoms with Gasteiger partial charge in [0, 0.05) is 18.2 Å². The van der Waals surface area contributed by atoms with E-state index in [-0.39, 0.29) is 12.5 Å². The number of nitrogens with one attached hydrogen (secondary N) is 1. The number of benzene rings is 1. The second-order valence-electron chi connectivity index (χ2n) is 6.36. The first-order chi connectivity index (χ1) is 13.2. The van der Waals surface area contributed by atoms with E-state index in [9.17, 15) is 4.79 Å². The van der Waals surface area contributed by atoms with Crippen molar-refractivity contribution in [2.45, 2.75) is 25.3 Å². The van der Waals surface area contributed by atoms with Crippen molar-refractivity contribution in [3.8, 4) is 23.1 Å². The minimum Gasteiger partial charge on any atom is -0.497 e. The lowest BCUT2D eigenvalue weighted by molar-refractivity contribution is -0.116. The Hall–Kier alpha value is -3.29. The zero-order valence-corrected chi connectivity index (χ0v) is 15.1. The quantitative estimate of drug-likeness (QED) is 0.689. The molecule has 1 aromatic carbocycles. The van der Waals surface area contributed by atoms with Crippen LogP contribution in [-0.4, -0.2) is 34.9 Å². The van der Waals surface area contributed by atoms with Crippen LogP contribution in [0.4, 0.5) is 5.69 Å². The highest BCUT2D eigenvalue weighted by Crippen LogP contribution is 2.40. The Balaban J connectivity index is 1.50. The van der Waals surface area contributed by atoms with Crippen LogP contribution in [0.25, 0.3) is 11.6 Å². The number of nitrogens with zero attached hydrogens (tertiary/aromatic N) is 3. The fraction of sp³-hybridized carbons (Fsp3) is 0.316. The molecule has 1 saturated carbocycles. The number of ether oxygens (including phenoxy) is 2. The zero-order valence-electron chi connectivity index (χ0n) is 15.1. The summed E-state index contributed by atoms with van der Waals surface area (Å²) in [6.45, 7) is 0.101. The maximum absolute atomic E-state index is 12.6. The number of carbonyl (C=O) groups is 1. The lowest BCUT2D eigenvalue weighted by atomic mass is 10.2. The van der Waals surface area contributed by atoms with E-state index in [0.29, 0.717) is 40.6 Å². The van der Waals surface area contributed by atoms with Crippen molar-refractivity contribution < 1.29 is 18.7 Å². The van der Waals surface area contributed by atoms with Gasteiger partial charge in [-0.25, -0.2) is 0 Å². The molecule has 8 nitrogen and oxygen atoms in total. The van der Waals surface area contributed by atoms with Gasteiger partial charge in [-0.2, -0.15) is 0 Å². The van der Waals surface area contributed by atoms with Crippen LogP contribution in [0.2, 0.25) is 0 Å². The Bertz CT molecular complexity index is 958. The summed E-state index contributed by atoms with van der Waals surface area (Å²) in [7, 11) is 3.12. The number of hydrogen-bond acceptors (Lipinski definition) is 6. The Morgan fingerprint density at radius 1 is 1.26 bits per heavy atom. The summed E-state index contributed by atoms with van der Waals surface area (Å²) in [4.78, 5) is 12.6. The van der Waals surface area contributed by atoms with E-state index in [1.165, 1.54) is 0 Å². The second kappa shape index (κ2) is 7.14. The highest BCUT2D eigenvalue weighted by Gasteiger charge is 2.30. The molecule has 0 spiro atoms. The molecule has 1 aliphatic carbocycles. The highest BCUT2D eigenvalue weighted by atomic mass is 16.5. The molecule has 0 unspecified atom stereocenters. The molecule has 8 heteroatoms. The van der Waals surface area contributed by atoms with Crippen LogP contribution in [0.1, 0.15) is 24.7 Å². The molecular formula is C19H20N4O4. The van der Waals surface area contributed by atoms with Crippen LogP contribution >= 0.6 is 0 Å². The number of anilines is 1. The molecule has 0 atom stereocenters. The molecule has 0 saturated heterocycles. The van der Waals surface area contributed by atoms with Crippen LogP contribution in [-0.2, 0) is 11.3 Å². The van der Waals surface area contributed by atoms with Gasteiger partial charge in [-0.15, -0.1) is 10.2 Å². The third kappa shape index (κ3) is 3.64. The number of carbonyl (C=O) groups excluding carboxylic acids is 1. The average Bonchev–Trinajstić information content (AvgIpc) is 3.23. The Morgan fingerprint density at radius 3 is 2.85 bits per heavy atom. The second-order valence-corrected chi connectivity index (χ2v) is 6.36. The fourth-order valence-electron chi connectivity index (χ4n) is 2.84. The standard InChI is InChI=1S/C19H20N4O4/c1-25-13-7-8-16(26-2)14(10-13)20-17(24)11-23-9-3-4-15(23)19-22-21-18(27-19)12-5-6-12/h3-4,7-10,12H,5-6,11H2,1-2H3,(H,20,24). The van der Waals surface area contributed by atoms with E-state index in [1.807, 2.05) is 12.1 Å². The predicted molar refractivity (Wildman–Crippen MR) is 97.9 cm³/mol. The minimum atomic E-state index is -0.207. The van der Waals surface area contributed by atoms with Gasteiger partial charge in [-0.3, -0.25) is 4.79 Å². The van der Waals surface area contributed by atoms with E-state index in [0.717, 1.165) is 12.8 Å². The summed E-state index contributed by atoms with van der Waals surface area (Å²) >= 11 is 0. The maximum atomic E-state index is 12.6. The summed E-state index contributed by atoms with van der Waals surface area (Å²) in [5.41, 5.74) is 1.26. The molecule has 0 radical (unpaired) electrons. The summed E-state index contributed by atoms with van der Waals surface area (Å²) < 4.78 is 18.0. The van der Waals surface area contributed by atoms with Gasteiger partial charge in [-0.1, -0.05) is 0 Å². The number of amides is 1. The molecule has 4 rings (SSSR count). The van der Waals surface area contributed by atoms with Crippen molar-refractivity contribution in [1.82, 2.24) is 14.8 Å². The lowest BCUT2D eigenvalue weighted by Crippen LogP contribution is -2.19. The Morgan fingerprint density at radius 2 is 2.11 bits per heavy atom. The molecule has 2 heterocycles. The molecule has 0 bridgehead atoms. The van der Waals surface area contributed by atoms with Gasteiger partial charge in [0.15, 0.2) is 0 Å². The summed E-state index contributed by atoms with van der Waals surface area (Å²) in [6, 6.07) is 8.92.